The Morgan fingerprint density at radius 2 is 1.85 bits per heavy atom. The fourth-order valence-electron chi connectivity index (χ4n) is 1.61. The first kappa shape index (κ1) is 16.4. The van der Waals surface area contributed by atoms with Crippen molar-refractivity contribution in [3.05, 3.63) is 41.5 Å². The van der Waals surface area contributed by atoms with Crippen LogP contribution < -0.4 is 0 Å². The van der Waals surface area contributed by atoms with Crippen molar-refractivity contribution in [2.45, 2.75) is 25.6 Å². The highest BCUT2D eigenvalue weighted by Gasteiger charge is 2.21. The predicted octanol–water partition coefficient (Wildman–Crippen LogP) is 1.95. The van der Waals surface area contributed by atoms with Crippen molar-refractivity contribution >= 4 is 22.1 Å². The van der Waals surface area contributed by atoms with Gasteiger partial charge in [0.05, 0.1) is 5.25 Å². The summed E-state index contributed by atoms with van der Waals surface area (Å²) in [6.07, 6.45) is 2.55. The second-order valence-electron chi connectivity index (χ2n) is 4.76. The zero-order chi connectivity index (χ0) is 15.3. The monoisotopic (exact) mass is 297 g/mol. The van der Waals surface area contributed by atoms with E-state index in [2.05, 4.69) is 0 Å². The number of carbonyl (C=O) groups is 1. The fraction of sp³-hybridized carbons (Fsp3) is 0.357. The number of aliphatic carboxylic acids is 1. The van der Waals surface area contributed by atoms with Crippen LogP contribution >= 0.6 is 0 Å². The Labute approximate surface area is 119 Å². The Bertz CT molecular complexity index is 588. The summed E-state index contributed by atoms with van der Waals surface area (Å²) in [4.78, 5) is 10.4. The van der Waals surface area contributed by atoms with Crippen LogP contribution in [0.4, 0.5) is 0 Å². The van der Waals surface area contributed by atoms with Crippen LogP contribution in [-0.4, -0.2) is 36.1 Å². The highest BCUT2D eigenvalue weighted by molar-refractivity contribution is 7.89. The third-order valence-electron chi connectivity index (χ3n) is 2.83. The van der Waals surface area contributed by atoms with Crippen molar-refractivity contribution in [1.29, 1.82) is 0 Å². The maximum absolute atomic E-state index is 11.9. The first-order valence-corrected chi connectivity index (χ1v) is 7.69. The van der Waals surface area contributed by atoms with Crippen LogP contribution in [0.2, 0.25) is 0 Å². The molecule has 1 aromatic rings. The molecular formula is C14H19NO4S. The second-order valence-corrected chi connectivity index (χ2v) is 7.36. The molecule has 5 nitrogen and oxygen atoms in total. The molecular weight excluding hydrogens is 278 g/mol. The Balaban J connectivity index is 2.78. The van der Waals surface area contributed by atoms with Gasteiger partial charge in [0.15, 0.2) is 0 Å². The molecule has 6 heteroatoms. The number of hydrogen-bond donors (Lipinski definition) is 1. The van der Waals surface area contributed by atoms with Crippen LogP contribution in [-0.2, 0) is 21.4 Å². The summed E-state index contributed by atoms with van der Waals surface area (Å²) in [5, 5.41) is 8.08. The Morgan fingerprint density at radius 3 is 2.30 bits per heavy atom. The molecule has 0 spiro atoms. The molecule has 0 aromatic heterocycles. The van der Waals surface area contributed by atoms with Crippen LogP contribution in [0.1, 0.15) is 25.0 Å². The maximum atomic E-state index is 11.9. The van der Waals surface area contributed by atoms with E-state index in [1.807, 2.05) is 0 Å². The predicted molar refractivity (Wildman–Crippen MR) is 78.6 cm³/mol. The van der Waals surface area contributed by atoms with Gasteiger partial charge in [0.25, 0.3) is 0 Å². The normalized spacial score (nSPS) is 12.4. The van der Waals surface area contributed by atoms with Gasteiger partial charge in [-0.15, -0.1) is 0 Å². The molecule has 0 amide bonds. The molecule has 1 rings (SSSR count). The molecule has 0 saturated heterocycles. The lowest BCUT2D eigenvalue weighted by molar-refractivity contribution is -0.131. The number of benzene rings is 1. The first-order chi connectivity index (χ1) is 9.23. The number of carboxylic acid groups (broad SMARTS) is 1. The summed E-state index contributed by atoms with van der Waals surface area (Å²) in [5.41, 5.74) is 1.61. The number of rotatable bonds is 6. The van der Waals surface area contributed by atoms with Crippen LogP contribution in [0.3, 0.4) is 0 Å². The van der Waals surface area contributed by atoms with Gasteiger partial charge < -0.3 is 5.11 Å². The fourth-order valence-corrected chi connectivity index (χ4v) is 2.66. The maximum Gasteiger partial charge on any atom is 0.328 e. The molecule has 0 radical (unpaired) electrons. The van der Waals surface area contributed by atoms with Gasteiger partial charge in [-0.3, -0.25) is 0 Å². The SMILES string of the molecule is CC(C)S(=O)(=O)N(C)Cc1ccc(C=CC(=O)O)cc1. The molecule has 0 aliphatic carbocycles. The topological polar surface area (TPSA) is 74.7 Å². The van der Waals surface area contributed by atoms with Gasteiger partial charge in [-0.1, -0.05) is 24.3 Å². The average molecular weight is 297 g/mol. The average Bonchev–Trinajstić information content (AvgIpc) is 2.37. The summed E-state index contributed by atoms with van der Waals surface area (Å²) in [6, 6.07) is 7.08. The summed E-state index contributed by atoms with van der Waals surface area (Å²) >= 11 is 0. The van der Waals surface area contributed by atoms with Gasteiger partial charge in [0, 0.05) is 19.7 Å². The quantitative estimate of drug-likeness (QED) is 0.814. The summed E-state index contributed by atoms with van der Waals surface area (Å²) in [5.74, 6) is -1.00. The van der Waals surface area contributed by atoms with E-state index in [1.165, 1.54) is 10.4 Å². The van der Waals surface area contributed by atoms with E-state index in [1.54, 1.807) is 45.2 Å². The molecule has 0 saturated carbocycles. The summed E-state index contributed by atoms with van der Waals surface area (Å²) in [7, 11) is -1.72. The van der Waals surface area contributed by atoms with E-state index in [4.69, 9.17) is 5.11 Å². The molecule has 20 heavy (non-hydrogen) atoms. The first-order valence-electron chi connectivity index (χ1n) is 6.18. The Hall–Kier alpha value is -1.66. The number of carboxylic acids is 1. The third kappa shape index (κ3) is 4.47. The lowest BCUT2D eigenvalue weighted by atomic mass is 10.1. The van der Waals surface area contributed by atoms with Crippen LogP contribution in [0.25, 0.3) is 6.08 Å². The zero-order valence-electron chi connectivity index (χ0n) is 11.8. The molecule has 0 atom stereocenters. The highest BCUT2D eigenvalue weighted by atomic mass is 32.2. The highest BCUT2D eigenvalue weighted by Crippen LogP contribution is 2.13. The standard InChI is InChI=1S/C14H19NO4S/c1-11(2)20(18,19)15(3)10-13-6-4-12(5-7-13)8-9-14(16)17/h4-9,11H,10H2,1-3H3,(H,16,17). The zero-order valence-corrected chi connectivity index (χ0v) is 12.6. The summed E-state index contributed by atoms with van der Waals surface area (Å²) < 4.78 is 25.2. The molecule has 0 fully saturated rings. The van der Waals surface area contributed by atoms with Gasteiger partial charge in [0.2, 0.25) is 10.0 Å². The molecule has 0 bridgehead atoms. The minimum atomic E-state index is -3.27. The Kier molecular flexibility index (Phi) is 5.47. The smallest absolute Gasteiger partial charge is 0.328 e. The van der Waals surface area contributed by atoms with Gasteiger partial charge in [0.1, 0.15) is 0 Å². The van der Waals surface area contributed by atoms with Crippen molar-refractivity contribution in [2.24, 2.45) is 0 Å². The van der Waals surface area contributed by atoms with E-state index < -0.39 is 21.2 Å². The number of sulfonamides is 1. The molecule has 110 valence electrons. The van der Waals surface area contributed by atoms with E-state index in [9.17, 15) is 13.2 Å². The van der Waals surface area contributed by atoms with Crippen LogP contribution in [0.15, 0.2) is 30.3 Å². The second kappa shape index (κ2) is 6.67. The van der Waals surface area contributed by atoms with Crippen LogP contribution in [0, 0.1) is 0 Å². The van der Waals surface area contributed by atoms with Crippen molar-refractivity contribution in [3.8, 4) is 0 Å². The van der Waals surface area contributed by atoms with E-state index in [-0.39, 0.29) is 0 Å². The van der Waals surface area contributed by atoms with Gasteiger partial charge in [-0.05, 0) is 31.1 Å². The Morgan fingerprint density at radius 1 is 1.30 bits per heavy atom. The molecule has 1 N–H and O–H groups in total. The number of nitrogens with zero attached hydrogens (tertiary/aromatic N) is 1. The molecule has 0 aliphatic rings. The lowest BCUT2D eigenvalue weighted by Gasteiger charge is -2.19. The largest absolute Gasteiger partial charge is 0.478 e. The summed E-state index contributed by atoms with van der Waals surface area (Å²) in [6.45, 7) is 3.58. The van der Waals surface area contributed by atoms with Crippen molar-refractivity contribution < 1.29 is 18.3 Å². The van der Waals surface area contributed by atoms with E-state index in [0.29, 0.717) is 6.54 Å². The van der Waals surface area contributed by atoms with E-state index >= 15 is 0 Å². The van der Waals surface area contributed by atoms with Crippen molar-refractivity contribution in [2.75, 3.05) is 7.05 Å². The minimum Gasteiger partial charge on any atom is -0.478 e. The van der Waals surface area contributed by atoms with E-state index in [0.717, 1.165) is 17.2 Å². The molecule has 0 heterocycles. The van der Waals surface area contributed by atoms with Gasteiger partial charge >= 0.3 is 5.97 Å². The van der Waals surface area contributed by atoms with Crippen molar-refractivity contribution in [1.82, 2.24) is 4.31 Å². The van der Waals surface area contributed by atoms with Crippen LogP contribution in [0.5, 0.6) is 0 Å². The molecule has 0 unspecified atom stereocenters. The van der Waals surface area contributed by atoms with Gasteiger partial charge in [-0.2, -0.15) is 0 Å². The third-order valence-corrected chi connectivity index (χ3v) is 5.02. The minimum absolute atomic E-state index is 0.295. The molecule has 0 aliphatic heterocycles. The number of hydrogen-bond acceptors (Lipinski definition) is 3. The van der Waals surface area contributed by atoms with Gasteiger partial charge in [-0.25, -0.2) is 17.5 Å². The lowest BCUT2D eigenvalue weighted by Crippen LogP contribution is -2.32. The molecule has 1 aromatic carbocycles. The van der Waals surface area contributed by atoms with Crippen molar-refractivity contribution in [3.63, 3.8) is 0 Å².